The first-order chi connectivity index (χ1) is 10.2. The Hall–Kier alpha value is -1.03. The van der Waals surface area contributed by atoms with Crippen molar-refractivity contribution in [3.63, 3.8) is 0 Å². The second-order valence-corrected chi connectivity index (χ2v) is 6.53. The van der Waals surface area contributed by atoms with Crippen LogP contribution in [0.4, 0.5) is 0 Å². The number of nitrogens with one attached hydrogen (secondary N) is 1. The lowest BCUT2D eigenvalue weighted by Crippen LogP contribution is -2.39. The van der Waals surface area contributed by atoms with Gasteiger partial charge in [-0.2, -0.15) is 5.10 Å². The van der Waals surface area contributed by atoms with E-state index in [2.05, 4.69) is 35.9 Å². The largest absolute Gasteiger partial charge is 0.493 e. The molecule has 0 radical (unpaired) electrons. The van der Waals surface area contributed by atoms with Gasteiger partial charge in [-0.25, -0.2) is 0 Å². The highest BCUT2D eigenvalue weighted by atomic mass is 16.5. The molecule has 1 fully saturated rings. The normalized spacial score (nSPS) is 19.4. The summed E-state index contributed by atoms with van der Waals surface area (Å²) in [6, 6.07) is 0.326. The lowest BCUT2D eigenvalue weighted by Gasteiger charge is -2.41. The minimum atomic E-state index is 0.299. The van der Waals surface area contributed by atoms with Crippen LogP contribution >= 0.6 is 0 Å². The van der Waals surface area contributed by atoms with Gasteiger partial charge in [0.25, 0.3) is 0 Å². The Kier molecular flexibility index (Phi) is 5.68. The number of methoxy groups -OCH3 is 1. The van der Waals surface area contributed by atoms with Crippen LogP contribution in [-0.4, -0.2) is 23.4 Å². The van der Waals surface area contributed by atoms with Crippen LogP contribution in [0.25, 0.3) is 0 Å². The summed E-state index contributed by atoms with van der Waals surface area (Å²) in [6.07, 6.45) is 9.58. The summed E-state index contributed by atoms with van der Waals surface area (Å²) in [4.78, 5) is 0. The van der Waals surface area contributed by atoms with Crippen molar-refractivity contribution in [2.75, 3.05) is 13.7 Å². The molecule has 1 aliphatic carbocycles. The van der Waals surface area contributed by atoms with Gasteiger partial charge in [0.15, 0.2) is 5.75 Å². The van der Waals surface area contributed by atoms with Crippen molar-refractivity contribution in [1.82, 2.24) is 15.1 Å². The topological polar surface area (TPSA) is 39.1 Å². The van der Waals surface area contributed by atoms with Crippen LogP contribution in [0.2, 0.25) is 0 Å². The summed E-state index contributed by atoms with van der Waals surface area (Å²) in [6.45, 7) is 8.74. The van der Waals surface area contributed by atoms with E-state index < -0.39 is 0 Å². The molecular weight excluding hydrogens is 262 g/mol. The molecule has 21 heavy (non-hydrogen) atoms. The zero-order chi connectivity index (χ0) is 15.3. The van der Waals surface area contributed by atoms with Crippen LogP contribution in [0.5, 0.6) is 5.75 Å². The van der Waals surface area contributed by atoms with Crippen molar-refractivity contribution in [3.05, 3.63) is 11.9 Å². The molecule has 0 aromatic carbocycles. The summed E-state index contributed by atoms with van der Waals surface area (Å²) in [7, 11) is 1.75. The first-order valence-corrected chi connectivity index (χ1v) is 8.49. The molecule has 1 atom stereocenters. The second kappa shape index (κ2) is 7.30. The SMILES string of the molecule is CCCn1ncc(OC)c1C(NCC)C1(C)CCCCC1. The molecule has 1 heterocycles. The molecule has 1 saturated carbocycles. The predicted molar refractivity (Wildman–Crippen MR) is 86.7 cm³/mol. The number of rotatable bonds is 7. The number of hydrogen-bond donors (Lipinski definition) is 1. The molecule has 1 aliphatic rings. The Morgan fingerprint density at radius 1 is 1.33 bits per heavy atom. The summed E-state index contributed by atoms with van der Waals surface area (Å²) in [5.74, 6) is 0.932. The van der Waals surface area contributed by atoms with Crippen LogP contribution in [0.15, 0.2) is 6.20 Å². The number of ether oxygens (including phenoxy) is 1. The molecule has 0 amide bonds. The minimum absolute atomic E-state index is 0.299. The Bertz CT molecular complexity index is 435. The van der Waals surface area contributed by atoms with E-state index in [4.69, 9.17) is 4.74 Å². The highest BCUT2D eigenvalue weighted by Gasteiger charge is 2.39. The second-order valence-electron chi connectivity index (χ2n) is 6.53. The van der Waals surface area contributed by atoms with Gasteiger partial charge >= 0.3 is 0 Å². The Morgan fingerprint density at radius 3 is 2.62 bits per heavy atom. The van der Waals surface area contributed by atoms with Gasteiger partial charge in [-0.1, -0.05) is 40.0 Å². The molecule has 1 aromatic rings. The maximum Gasteiger partial charge on any atom is 0.161 e. The highest BCUT2D eigenvalue weighted by Crippen LogP contribution is 2.47. The summed E-state index contributed by atoms with van der Waals surface area (Å²) < 4.78 is 7.76. The maximum atomic E-state index is 5.61. The molecule has 0 aliphatic heterocycles. The Labute approximate surface area is 129 Å². The molecule has 0 saturated heterocycles. The van der Waals surface area contributed by atoms with Crippen molar-refractivity contribution >= 4 is 0 Å². The zero-order valence-corrected chi connectivity index (χ0v) is 14.1. The fourth-order valence-electron chi connectivity index (χ4n) is 3.74. The molecule has 2 rings (SSSR count). The van der Waals surface area contributed by atoms with Crippen molar-refractivity contribution in [2.45, 2.75) is 71.9 Å². The zero-order valence-electron chi connectivity index (χ0n) is 14.1. The smallest absolute Gasteiger partial charge is 0.161 e. The Balaban J connectivity index is 2.38. The third-order valence-electron chi connectivity index (χ3n) is 4.87. The van der Waals surface area contributed by atoms with Crippen LogP contribution in [0.1, 0.15) is 71.0 Å². The van der Waals surface area contributed by atoms with Gasteiger partial charge < -0.3 is 10.1 Å². The Morgan fingerprint density at radius 2 is 2.05 bits per heavy atom. The number of aryl methyl sites for hydroxylation is 1. The third-order valence-corrected chi connectivity index (χ3v) is 4.87. The number of hydrogen-bond acceptors (Lipinski definition) is 3. The van der Waals surface area contributed by atoms with E-state index in [0.717, 1.165) is 25.3 Å². The van der Waals surface area contributed by atoms with Crippen molar-refractivity contribution in [1.29, 1.82) is 0 Å². The van der Waals surface area contributed by atoms with Gasteiger partial charge in [-0.3, -0.25) is 4.68 Å². The number of nitrogens with zero attached hydrogens (tertiary/aromatic N) is 2. The molecule has 1 aromatic heterocycles. The lowest BCUT2D eigenvalue weighted by molar-refractivity contribution is 0.137. The fourth-order valence-corrected chi connectivity index (χ4v) is 3.74. The lowest BCUT2D eigenvalue weighted by atomic mass is 9.69. The maximum absolute atomic E-state index is 5.61. The molecule has 1 N–H and O–H groups in total. The van der Waals surface area contributed by atoms with Gasteiger partial charge in [0.2, 0.25) is 0 Å². The van der Waals surface area contributed by atoms with E-state index in [1.807, 2.05) is 6.20 Å². The van der Waals surface area contributed by atoms with Crippen LogP contribution in [-0.2, 0) is 6.54 Å². The van der Waals surface area contributed by atoms with Gasteiger partial charge in [-0.15, -0.1) is 0 Å². The quantitative estimate of drug-likeness (QED) is 0.828. The molecule has 4 heteroatoms. The van der Waals surface area contributed by atoms with Gasteiger partial charge in [0.05, 0.1) is 25.0 Å². The predicted octanol–water partition coefficient (Wildman–Crippen LogP) is 3.92. The molecule has 0 bridgehead atoms. The van der Waals surface area contributed by atoms with E-state index in [1.165, 1.54) is 37.8 Å². The van der Waals surface area contributed by atoms with Crippen molar-refractivity contribution < 1.29 is 4.74 Å². The standard InChI is InChI=1S/C17H31N3O/c1-5-12-20-15(14(21-4)13-19-20)16(18-6-2)17(3)10-8-7-9-11-17/h13,16,18H,5-12H2,1-4H3. The van der Waals surface area contributed by atoms with E-state index in [9.17, 15) is 0 Å². The molecule has 0 spiro atoms. The molecule has 1 unspecified atom stereocenters. The monoisotopic (exact) mass is 293 g/mol. The number of aromatic nitrogens is 2. The third kappa shape index (κ3) is 3.42. The van der Waals surface area contributed by atoms with E-state index in [-0.39, 0.29) is 0 Å². The van der Waals surface area contributed by atoms with E-state index in [1.54, 1.807) is 7.11 Å². The van der Waals surface area contributed by atoms with Crippen LogP contribution < -0.4 is 10.1 Å². The first kappa shape index (κ1) is 16.3. The van der Waals surface area contributed by atoms with Crippen molar-refractivity contribution in [2.24, 2.45) is 5.41 Å². The summed E-state index contributed by atoms with van der Waals surface area (Å²) in [5.41, 5.74) is 1.54. The average molecular weight is 293 g/mol. The van der Waals surface area contributed by atoms with Gasteiger partial charge in [0.1, 0.15) is 0 Å². The van der Waals surface area contributed by atoms with Crippen molar-refractivity contribution in [3.8, 4) is 5.75 Å². The molecule has 120 valence electrons. The first-order valence-electron chi connectivity index (χ1n) is 8.49. The van der Waals surface area contributed by atoms with Gasteiger partial charge in [-0.05, 0) is 31.2 Å². The van der Waals surface area contributed by atoms with Gasteiger partial charge in [0, 0.05) is 6.54 Å². The van der Waals surface area contributed by atoms with E-state index >= 15 is 0 Å². The highest BCUT2D eigenvalue weighted by molar-refractivity contribution is 5.30. The van der Waals surface area contributed by atoms with E-state index in [0.29, 0.717) is 11.5 Å². The fraction of sp³-hybridized carbons (Fsp3) is 0.824. The van der Waals surface area contributed by atoms with Crippen LogP contribution in [0, 0.1) is 5.41 Å². The summed E-state index contributed by atoms with van der Waals surface area (Å²) >= 11 is 0. The van der Waals surface area contributed by atoms with Crippen LogP contribution in [0.3, 0.4) is 0 Å². The summed E-state index contributed by atoms with van der Waals surface area (Å²) in [5, 5.41) is 8.29. The molecular formula is C17H31N3O. The average Bonchev–Trinajstić information content (AvgIpc) is 2.88. The minimum Gasteiger partial charge on any atom is -0.493 e. The molecule has 4 nitrogen and oxygen atoms in total.